The van der Waals surface area contributed by atoms with E-state index in [1.807, 2.05) is 0 Å². The van der Waals surface area contributed by atoms with Gasteiger partial charge in [-0.2, -0.15) is 0 Å². The molecule has 11 N–H and O–H groups in total. The highest BCUT2D eigenvalue weighted by molar-refractivity contribution is 5.94. The van der Waals surface area contributed by atoms with E-state index in [0.717, 1.165) is 19.3 Å². The van der Waals surface area contributed by atoms with Gasteiger partial charge in [-0.25, -0.2) is 19.4 Å². The van der Waals surface area contributed by atoms with E-state index in [4.69, 9.17) is 26.7 Å². The first kappa shape index (κ1) is 39.1. The molecule has 0 spiro atoms. The van der Waals surface area contributed by atoms with E-state index in [1.54, 1.807) is 30.3 Å². The molecule has 2 aromatic rings. The predicted molar refractivity (Wildman–Crippen MR) is 183 cm³/mol. The Hall–Kier alpha value is -4.70. The van der Waals surface area contributed by atoms with Crippen LogP contribution in [0.15, 0.2) is 42.9 Å². The molecule has 16 heteroatoms. The molecule has 2 aliphatic rings. The molecule has 1 heterocycles. The van der Waals surface area contributed by atoms with E-state index in [1.165, 1.54) is 19.4 Å². The van der Waals surface area contributed by atoms with Gasteiger partial charge in [-0.1, -0.05) is 62.4 Å². The van der Waals surface area contributed by atoms with Crippen molar-refractivity contribution < 1.29 is 43.7 Å². The minimum absolute atomic E-state index is 0.0391. The lowest BCUT2D eigenvalue weighted by Crippen LogP contribution is -2.83. The number of aromatic amines is 1. The molecule has 5 amide bonds. The van der Waals surface area contributed by atoms with Crippen LogP contribution in [0.4, 0.5) is 14.4 Å². The number of carbonyl (C=O) groups is 5. The van der Waals surface area contributed by atoms with E-state index in [0.29, 0.717) is 36.9 Å². The fraction of sp³-hybridized carbons (Fsp3) is 0.600. The molecule has 16 nitrogen and oxygen atoms in total. The summed E-state index contributed by atoms with van der Waals surface area (Å²) in [4.78, 5) is 74.9. The van der Waals surface area contributed by atoms with Crippen molar-refractivity contribution in [3.05, 3.63) is 54.1 Å². The molecule has 6 atom stereocenters. The number of hydrogen-bond acceptors (Lipinski definition) is 10. The molecule has 280 valence electrons. The van der Waals surface area contributed by atoms with Crippen LogP contribution in [-0.4, -0.2) is 80.2 Å². The van der Waals surface area contributed by atoms with Gasteiger partial charge in [0.05, 0.1) is 36.6 Å². The smallest absolute Gasteiger partial charge is 0.416 e. The number of aliphatic hydroxyl groups is 2. The Kier molecular flexibility index (Phi) is 13.4. The number of alkyl carbamates (subject to hydrolysis) is 2. The summed E-state index contributed by atoms with van der Waals surface area (Å²) in [6, 6.07) is 8.86. The van der Waals surface area contributed by atoms with Crippen molar-refractivity contribution in [2.75, 3.05) is 6.61 Å². The van der Waals surface area contributed by atoms with Crippen LogP contribution in [-0.2, 0) is 31.9 Å². The SMILES string of the molecule is CCOC(=O)NC(CCc1ccccc1)(C(N)=O)C(NC(=O)OC(N)=O)(C(Cc1cnc[nH]1)C(N)=O)[C@H](CC1CCCCC1)[C@@H](O)[C@@H](O)C1CC1. The van der Waals surface area contributed by atoms with Crippen molar-refractivity contribution in [3.63, 3.8) is 0 Å². The highest BCUT2D eigenvalue weighted by Crippen LogP contribution is 2.49. The lowest BCUT2D eigenvalue weighted by molar-refractivity contribution is -0.147. The van der Waals surface area contributed by atoms with Gasteiger partial charge in [-0.05, 0) is 56.4 Å². The maximum atomic E-state index is 14.4. The van der Waals surface area contributed by atoms with Crippen LogP contribution in [0.3, 0.4) is 0 Å². The first-order chi connectivity index (χ1) is 24.3. The van der Waals surface area contributed by atoms with Crippen molar-refractivity contribution in [1.29, 1.82) is 0 Å². The fourth-order valence-corrected chi connectivity index (χ4v) is 7.96. The minimum atomic E-state index is -2.50. The number of primary amides is 3. The first-order valence-electron chi connectivity index (χ1n) is 17.6. The molecular formula is C35H51N7O9. The summed E-state index contributed by atoms with van der Waals surface area (Å²) in [6.07, 6.45) is 0.173. The summed E-state index contributed by atoms with van der Waals surface area (Å²) in [5.74, 6) is -5.83. The number of imidazole rings is 1. The van der Waals surface area contributed by atoms with E-state index >= 15 is 0 Å². The van der Waals surface area contributed by atoms with Gasteiger partial charge < -0.3 is 52.5 Å². The van der Waals surface area contributed by atoms with E-state index < -0.39 is 65.2 Å². The number of aliphatic hydroxyl groups excluding tert-OH is 2. The Morgan fingerprint density at radius 2 is 1.67 bits per heavy atom. The molecule has 0 bridgehead atoms. The molecule has 0 radical (unpaired) electrons. The second-order valence-corrected chi connectivity index (χ2v) is 13.7. The Labute approximate surface area is 296 Å². The number of hydrogen-bond donors (Lipinski definition) is 8. The Bertz CT molecular complexity index is 1480. The van der Waals surface area contributed by atoms with Crippen LogP contribution in [0, 0.1) is 23.7 Å². The Balaban J connectivity index is 2.12. The number of carbonyl (C=O) groups excluding carboxylic acids is 5. The zero-order valence-electron chi connectivity index (χ0n) is 28.9. The summed E-state index contributed by atoms with van der Waals surface area (Å²) in [5, 5.41) is 29.2. The second-order valence-electron chi connectivity index (χ2n) is 13.7. The molecule has 2 saturated carbocycles. The summed E-state index contributed by atoms with van der Waals surface area (Å²) < 4.78 is 10.1. The third kappa shape index (κ3) is 9.35. The van der Waals surface area contributed by atoms with Crippen LogP contribution < -0.4 is 27.8 Å². The number of aryl methyl sites for hydroxylation is 1. The van der Waals surface area contributed by atoms with Gasteiger partial charge in [-0.15, -0.1) is 0 Å². The van der Waals surface area contributed by atoms with Crippen molar-refractivity contribution >= 4 is 30.1 Å². The van der Waals surface area contributed by atoms with Gasteiger partial charge in [0.25, 0.3) is 0 Å². The van der Waals surface area contributed by atoms with E-state index in [9.17, 15) is 34.2 Å². The van der Waals surface area contributed by atoms with Gasteiger partial charge in [0.1, 0.15) is 5.54 Å². The fourth-order valence-electron chi connectivity index (χ4n) is 7.96. The largest absolute Gasteiger partial charge is 0.450 e. The number of amides is 5. The number of benzene rings is 1. The molecule has 51 heavy (non-hydrogen) atoms. The third-order valence-corrected chi connectivity index (χ3v) is 10.5. The highest BCUT2D eigenvalue weighted by atomic mass is 16.6. The van der Waals surface area contributed by atoms with Crippen LogP contribution >= 0.6 is 0 Å². The monoisotopic (exact) mass is 713 g/mol. The van der Waals surface area contributed by atoms with Crippen LogP contribution in [0.1, 0.15) is 76.0 Å². The second kappa shape index (κ2) is 17.5. The lowest BCUT2D eigenvalue weighted by Gasteiger charge is -2.57. The molecule has 2 fully saturated rings. The highest BCUT2D eigenvalue weighted by Gasteiger charge is 2.68. The average Bonchev–Trinajstić information content (AvgIpc) is 3.82. The van der Waals surface area contributed by atoms with Crippen molar-refractivity contribution in [2.24, 2.45) is 40.9 Å². The summed E-state index contributed by atoms with van der Waals surface area (Å²) >= 11 is 0. The minimum Gasteiger partial charge on any atom is -0.450 e. The normalized spacial score (nSPS) is 19.6. The molecular weight excluding hydrogens is 662 g/mol. The number of rotatable bonds is 18. The van der Waals surface area contributed by atoms with Crippen molar-refractivity contribution in [1.82, 2.24) is 20.6 Å². The lowest BCUT2D eigenvalue weighted by atomic mass is 9.54. The third-order valence-electron chi connectivity index (χ3n) is 10.5. The molecule has 0 saturated heterocycles. The van der Waals surface area contributed by atoms with Crippen LogP contribution in [0.5, 0.6) is 0 Å². The Morgan fingerprint density at radius 3 is 2.22 bits per heavy atom. The van der Waals surface area contributed by atoms with E-state index in [-0.39, 0.29) is 44.1 Å². The molecule has 0 aliphatic heterocycles. The van der Waals surface area contributed by atoms with Crippen LogP contribution in [0.25, 0.3) is 0 Å². The van der Waals surface area contributed by atoms with Gasteiger partial charge in [0.15, 0.2) is 0 Å². The number of nitrogens with one attached hydrogen (secondary N) is 3. The zero-order chi connectivity index (χ0) is 37.2. The van der Waals surface area contributed by atoms with E-state index in [2.05, 4.69) is 20.6 Å². The number of nitrogens with two attached hydrogens (primary N) is 3. The maximum Gasteiger partial charge on any atom is 0.416 e. The molecule has 4 rings (SSSR count). The molecule has 1 aromatic carbocycles. The average molecular weight is 714 g/mol. The topological polar surface area (TPSA) is 275 Å². The van der Waals surface area contributed by atoms with Gasteiger partial charge in [0.2, 0.25) is 11.8 Å². The Morgan fingerprint density at radius 1 is 0.980 bits per heavy atom. The first-order valence-corrected chi connectivity index (χ1v) is 17.6. The number of H-pyrrole nitrogens is 1. The number of ether oxygens (including phenoxy) is 2. The number of aromatic nitrogens is 2. The van der Waals surface area contributed by atoms with Gasteiger partial charge in [0, 0.05) is 24.2 Å². The standard InChI is InChI=1S/C35H51N7O9/c1-2-50-32(48)41-34(30(37)46,16-15-21-9-5-3-6-10-21)35(42-33(49)51-31(38)47,26(29(36)45)18-24-19-39-20-40-24)25(17-22-11-7-4-8-12-22)28(44)27(43)23-13-14-23/h3,5-6,9-10,19-20,22-23,25-28,43-44H,2,4,7-8,11-18H2,1H3,(H2,36,45)(H2,37,46)(H2,38,47)(H,39,40)(H,41,48)(H,42,49)/t25-,26?,27+,28-,34?,35?/m1/s1. The molecule has 1 aromatic heterocycles. The molecule has 2 aliphatic carbocycles. The van der Waals surface area contributed by atoms with Gasteiger partial charge >= 0.3 is 18.3 Å². The maximum absolute atomic E-state index is 14.4. The number of nitrogens with zero attached hydrogens (tertiary/aromatic N) is 1. The quantitative estimate of drug-likeness (QED) is 0.104. The van der Waals surface area contributed by atoms with Crippen LogP contribution in [0.2, 0.25) is 0 Å². The predicted octanol–water partition coefficient (Wildman–Crippen LogP) is 1.92. The summed E-state index contributed by atoms with van der Waals surface area (Å²) in [6.45, 7) is 1.41. The summed E-state index contributed by atoms with van der Waals surface area (Å²) in [7, 11) is 0. The zero-order valence-corrected chi connectivity index (χ0v) is 28.9. The van der Waals surface area contributed by atoms with Crippen molar-refractivity contribution in [3.8, 4) is 0 Å². The van der Waals surface area contributed by atoms with Crippen molar-refractivity contribution in [2.45, 2.75) is 101 Å². The summed E-state index contributed by atoms with van der Waals surface area (Å²) in [5.41, 5.74) is 13.9. The van der Waals surface area contributed by atoms with Gasteiger partial charge in [-0.3, -0.25) is 9.59 Å². The molecule has 3 unspecified atom stereocenters.